The molecule has 4 heteroatoms. The Balaban J connectivity index is 0. The number of hydrogen-bond acceptors (Lipinski definition) is 2. The Hall–Kier alpha value is 0.287. The van der Waals surface area contributed by atoms with Crippen LogP contribution in [-0.2, 0) is 4.79 Å². The predicted molar refractivity (Wildman–Crippen MR) is 554 cm³/mol. The summed E-state index contributed by atoms with van der Waals surface area (Å²) in [5.41, 5.74) is 0. The van der Waals surface area contributed by atoms with Gasteiger partial charge >= 0.3 is 522 Å². The molecule has 0 aliphatic carbocycles. The molecule has 0 aliphatic heterocycles. The Labute approximate surface area is 773 Å². The molecular formula is C116H230O2Sn2. The zero-order valence-electron chi connectivity index (χ0n) is 84.8. The van der Waals surface area contributed by atoms with Gasteiger partial charge in [0.1, 0.15) is 0 Å². The SMILES string of the molecule is CC(=O)[O-].CCCCCCCCCCCCCCCCC[CH2][Sn+]([CH2]CCCCCCCCCCCCCCCCC)[CH2]CCCCCCCCCCCCCCCCC.CCCCCCCCCCCCCCCCC[CH2][Sn]([CH2]CCCCCCCCCCCCCCCCC)([CH2]CCCCCCCCCCCCCCCCC)[c]1ccccc1. The number of hydrogen-bond donors (Lipinski definition) is 0. The summed E-state index contributed by atoms with van der Waals surface area (Å²) in [6.07, 6.45) is 143. The fourth-order valence-corrected chi connectivity index (χ4v) is 43.5. The van der Waals surface area contributed by atoms with Crippen LogP contribution in [0.4, 0.5) is 0 Å². The average molecular weight is 1890 g/mol. The van der Waals surface area contributed by atoms with Gasteiger partial charge in [-0.1, -0.05) is 234 Å². The normalized spacial score (nSPS) is 11.6. The van der Waals surface area contributed by atoms with Crippen molar-refractivity contribution >= 4 is 47.7 Å². The molecule has 0 heterocycles. The second-order valence-electron chi connectivity index (χ2n) is 40.2. The first-order valence-electron chi connectivity index (χ1n) is 57.4. The summed E-state index contributed by atoms with van der Waals surface area (Å²) >= 11 is -3.62. The van der Waals surface area contributed by atoms with E-state index < -0.39 is 44.1 Å². The first-order valence-corrected chi connectivity index (χ1v) is 71.0. The molecule has 0 fully saturated rings. The molecule has 120 heavy (non-hydrogen) atoms. The van der Waals surface area contributed by atoms with E-state index in [4.69, 9.17) is 9.90 Å². The molecule has 0 aromatic heterocycles. The number of unbranched alkanes of at least 4 members (excludes halogenated alkanes) is 90. The molecule has 1 aromatic rings. The molecule has 0 aliphatic rings. The molecule has 0 radical (unpaired) electrons. The van der Waals surface area contributed by atoms with Crippen molar-refractivity contribution in [1.82, 2.24) is 0 Å². The van der Waals surface area contributed by atoms with Crippen LogP contribution in [-0.4, -0.2) is 44.1 Å². The van der Waals surface area contributed by atoms with Crippen LogP contribution in [0.15, 0.2) is 30.3 Å². The van der Waals surface area contributed by atoms with E-state index in [-0.39, 0.29) is 0 Å². The summed E-state index contributed by atoms with van der Waals surface area (Å²) in [6, 6.07) is 12.3. The van der Waals surface area contributed by atoms with Crippen LogP contribution < -0.4 is 8.69 Å². The van der Waals surface area contributed by atoms with Crippen LogP contribution in [0.1, 0.15) is 665 Å². The summed E-state index contributed by atoms with van der Waals surface area (Å²) in [4.78, 5) is 8.89. The fraction of sp³-hybridized carbons (Fsp3) is 0.940. The Bertz CT molecular complexity index is 1740. The van der Waals surface area contributed by atoms with Crippen molar-refractivity contribution in [1.29, 1.82) is 0 Å². The summed E-state index contributed by atoms with van der Waals surface area (Å²) < 4.78 is 12.0. The summed E-state index contributed by atoms with van der Waals surface area (Å²) in [5, 5.41) is 8.89. The minimum atomic E-state index is -2.47. The average Bonchev–Trinajstić information content (AvgIpc) is 0.818. The molecule has 714 valence electrons. The van der Waals surface area contributed by atoms with E-state index in [1.54, 1.807) is 65.1 Å². The standard InChI is InChI=1S/6C18H37.C6H5.C2H4O2.2Sn/c6*1-3-5-7-9-11-13-15-17-18-16-14-12-10-8-6-4-2;1-2-4-6-5-3-1;1-2(3)4;;/h6*1,3-18H2,2H3;1-5H;1H3,(H,3,4);;/q;;;;;;;;;+1/p-1. The van der Waals surface area contributed by atoms with Gasteiger partial charge in [-0.3, -0.25) is 0 Å². The van der Waals surface area contributed by atoms with Gasteiger partial charge in [-0.15, -0.1) is 0 Å². The topological polar surface area (TPSA) is 40.1 Å². The number of rotatable bonds is 103. The second-order valence-corrected chi connectivity index (χ2v) is 62.0. The first-order chi connectivity index (χ1) is 59.4. The van der Waals surface area contributed by atoms with E-state index in [0.29, 0.717) is 0 Å². The van der Waals surface area contributed by atoms with Crippen molar-refractivity contribution in [3.8, 4) is 0 Å². The molecule has 0 unspecified atom stereocenters. The molecule has 0 saturated heterocycles. The maximum atomic E-state index is 8.89. The monoisotopic (exact) mass is 1900 g/mol. The first kappa shape index (κ1) is 122. The zero-order chi connectivity index (χ0) is 86.9. The third-order valence-electron chi connectivity index (χ3n) is 28.1. The van der Waals surface area contributed by atoms with Gasteiger partial charge in [0.05, 0.1) is 0 Å². The van der Waals surface area contributed by atoms with E-state index in [1.165, 1.54) is 578 Å². The molecule has 0 spiro atoms. The van der Waals surface area contributed by atoms with Gasteiger partial charge in [-0.25, -0.2) is 0 Å². The fourth-order valence-electron chi connectivity index (χ4n) is 19.8. The number of carboxylic acid groups (broad SMARTS) is 1. The quantitative estimate of drug-likeness (QED) is 0.0482. The molecule has 0 atom stereocenters. The van der Waals surface area contributed by atoms with Crippen LogP contribution in [0, 0.1) is 0 Å². The van der Waals surface area contributed by atoms with Crippen molar-refractivity contribution in [3.63, 3.8) is 0 Å². The van der Waals surface area contributed by atoms with E-state index in [0.717, 1.165) is 6.92 Å². The summed E-state index contributed by atoms with van der Waals surface area (Å²) in [6.45, 7) is 14.9. The van der Waals surface area contributed by atoms with Gasteiger partial charge in [0, 0.05) is 5.97 Å². The number of carboxylic acids is 1. The Morgan fingerprint density at radius 2 is 0.300 bits per heavy atom. The van der Waals surface area contributed by atoms with Gasteiger partial charge < -0.3 is 9.90 Å². The van der Waals surface area contributed by atoms with Gasteiger partial charge in [0.25, 0.3) is 0 Å². The Morgan fingerprint density at radius 1 is 0.192 bits per heavy atom. The van der Waals surface area contributed by atoms with Crippen LogP contribution in [0.3, 0.4) is 0 Å². The maximum absolute atomic E-state index is 8.89. The predicted octanol–water partition coefficient (Wildman–Crippen LogP) is 42.1. The van der Waals surface area contributed by atoms with Gasteiger partial charge in [-0.2, -0.15) is 0 Å². The van der Waals surface area contributed by atoms with Crippen molar-refractivity contribution in [3.05, 3.63) is 30.3 Å². The molecule has 2 nitrogen and oxygen atoms in total. The van der Waals surface area contributed by atoms with Crippen LogP contribution in [0.2, 0.25) is 26.6 Å². The van der Waals surface area contributed by atoms with Crippen LogP contribution >= 0.6 is 0 Å². The second kappa shape index (κ2) is 112. The van der Waals surface area contributed by atoms with Crippen LogP contribution in [0.25, 0.3) is 0 Å². The third kappa shape index (κ3) is 104. The third-order valence-corrected chi connectivity index (χ3v) is 52.8. The van der Waals surface area contributed by atoms with Crippen molar-refractivity contribution in [2.75, 3.05) is 0 Å². The number of carbonyl (C=O) groups excluding carboxylic acids is 1. The number of aliphatic carboxylic acids is 1. The Kier molecular flexibility index (Phi) is 114. The van der Waals surface area contributed by atoms with E-state index in [1.807, 2.05) is 3.58 Å². The van der Waals surface area contributed by atoms with Crippen LogP contribution in [0.5, 0.6) is 0 Å². The molecule has 1 rings (SSSR count). The van der Waals surface area contributed by atoms with E-state index in [9.17, 15) is 0 Å². The van der Waals surface area contributed by atoms with E-state index >= 15 is 0 Å². The molecular weight excluding hydrogens is 1660 g/mol. The molecule has 0 saturated carbocycles. The minimum absolute atomic E-state index is 0.972. The van der Waals surface area contributed by atoms with Crippen molar-refractivity contribution in [2.24, 2.45) is 0 Å². The molecule has 1 aromatic carbocycles. The van der Waals surface area contributed by atoms with Gasteiger partial charge in [0.15, 0.2) is 0 Å². The zero-order valence-corrected chi connectivity index (χ0v) is 90.5. The molecule has 0 amide bonds. The number of benzene rings is 1. The Morgan fingerprint density at radius 3 is 0.425 bits per heavy atom. The summed E-state index contributed by atoms with van der Waals surface area (Å²) in [7, 11) is 0. The van der Waals surface area contributed by atoms with E-state index in [2.05, 4.69) is 71.9 Å². The molecule has 0 bridgehead atoms. The number of carbonyl (C=O) groups is 1. The van der Waals surface area contributed by atoms with Gasteiger partial charge in [-0.05, 0) is 6.92 Å². The van der Waals surface area contributed by atoms with Crippen molar-refractivity contribution < 1.29 is 9.90 Å². The summed E-state index contributed by atoms with van der Waals surface area (Å²) in [5.74, 6) is -1.08. The van der Waals surface area contributed by atoms with Crippen molar-refractivity contribution in [2.45, 2.75) is 691 Å². The van der Waals surface area contributed by atoms with Gasteiger partial charge in [0.2, 0.25) is 0 Å². The molecule has 0 N–H and O–H groups in total.